The number of nitrogens with one attached hydrogen (secondary N) is 1. The van der Waals surface area contributed by atoms with Crippen molar-refractivity contribution in [1.29, 1.82) is 0 Å². The van der Waals surface area contributed by atoms with Gasteiger partial charge in [0.05, 0.1) is 0 Å². The van der Waals surface area contributed by atoms with Crippen LogP contribution in [0.3, 0.4) is 0 Å². The lowest BCUT2D eigenvalue weighted by Gasteiger charge is -2.05. The summed E-state index contributed by atoms with van der Waals surface area (Å²) in [6, 6.07) is 0.652. The van der Waals surface area contributed by atoms with E-state index in [-0.39, 0.29) is 15.9 Å². The number of hydrogen-bond acceptors (Lipinski definition) is 5. The van der Waals surface area contributed by atoms with E-state index in [9.17, 15) is 13.6 Å². The number of hydrogen-bond donors (Lipinski definition) is 2. The van der Waals surface area contributed by atoms with Crippen molar-refractivity contribution in [3.63, 3.8) is 0 Å². The molecule has 0 radical (unpaired) electrons. The van der Waals surface area contributed by atoms with Crippen molar-refractivity contribution in [2.45, 2.75) is 30.1 Å². The van der Waals surface area contributed by atoms with Crippen molar-refractivity contribution < 1.29 is 8.78 Å². The number of nitrogens with two attached hydrogens (primary N) is 1. The maximum Gasteiger partial charge on any atom is 0.343 e. The van der Waals surface area contributed by atoms with Gasteiger partial charge in [-0.1, -0.05) is 6.92 Å². The molecule has 2 heterocycles. The summed E-state index contributed by atoms with van der Waals surface area (Å²) in [6.45, 7) is 2.33. The Balaban J connectivity index is 2.36. The highest BCUT2D eigenvalue weighted by Gasteiger charge is 2.15. The van der Waals surface area contributed by atoms with E-state index >= 15 is 0 Å². The highest BCUT2D eigenvalue weighted by atomic mass is 32.2. The Bertz CT molecular complexity index is 654. The Labute approximate surface area is 111 Å². The predicted octanol–water partition coefficient (Wildman–Crippen LogP) is 1.39. The normalized spacial score (nSPS) is 10.9. The molecular formula is C10H11F2N5OS. The van der Waals surface area contributed by atoms with E-state index in [0.717, 1.165) is 11.8 Å². The van der Waals surface area contributed by atoms with Crippen molar-refractivity contribution in [1.82, 2.24) is 19.7 Å². The Morgan fingerprint density at radius 2 is 2.21 bits per heavy atom. The quantitative estimate of drug-likeness (QED) is 0.887. The number of nitrogens with zero attached hydrogens (tertiary/aromatic N) is 3. The maximum absolute atomic E-state index is 13.5. The summed E-state index contributed by atoms with van der Waals surface area (Å²) in [7, 11) is 0. The van der Waals surface area contributed by atoms with E-state index in [0.29, 0.717) is 19.0 Å². The molecule has 0 atom stereocenters. The summed E-state index contributed by atoms with van der Waals surface area (Å²) >= 11 is 0.812. The van der Waals surface area contributed by atoms with E-state index in [1.54, 1.807) is 0 Å². The number of H-pyrrole nitrogens is 1. The average Bonchev–Trinajstić information content (AvgIpc) is 2.69. The van der Waals surface area contributed by atoms with Crippen molar-refractivity contribution in [2.24, 2.45) is 0 Å². The lowest BCUT2D eigenvalue weighted by molar-refractivity contribution is 0.551. The van der Waals surface area contributed by atoms with Gasteiger partial charge in [-0.15, -0.1) is 5.10 Å². The molecule has 0 spiro atoms. The Kier molecular flexibility index (Phi) is 3.84. The molecule has 0 fully saturated rings. The van der Waals surface area contributed by atoms with E-state index in [1.165, 1.54) is 4.57 Å². The van der Waals surface area contributed by atoms with Crippen LogP contribution in [-0.4, -0.2) is 19.7 Å². The van der Waals surface area contributed by atoms with Gasteiger partial charge in [-0.05, 0) is 18.2 Å². The predicted molar refractivity (Wildman–Crippen MR) is 65.8 cm³/mol. The van der Waals surface area contributed by atoms with Crippen LogP contribution in [0.1, 0.15) is 13.3 Å². The number of aromatic nitrogens is 4. The average molecular weight is 287 g/mol. The Hall–Kier alpha value is -1.90. The van der Waals surface area contributed by atoms with E-state index in [2.05, 4.69) is 15.2 Å². The molecule has 19 heavy (non-hydrogen) atoms. The second kappa shape index (κ2) is 5.39. The zero-order valence-corrected chi connectivity index (χ0v) is 10.8. The van der Waals surface area contributed by atoms with Gasteiger partial charge < -0.3 is 5.73 Å². The molecular weight excluding hydrogens is 276 g/mol. The van der Waals surface area contributed by atoms with E-state index in [1.807, 2.05) is 6.92 Å². The topological polar surface area (TPSA) is 89.6 Å². The summed E-state index contributed by atoms with van der Waals surface area (Å²) in [5.41, 5.74) is 4.89. The summed E-state index contributed by atoms with van der Waals surface area (Å²) in [6.07, 6.45) is 0.717. The van der Waals surface area contributed by atoms with Crippen LogP contribution in [0, 0.1) is 11.6 Å². The number of rotatable bonds is 4. The van der Waals surface area contributed by atoms with Crippen LogP contribution in [0.2, 0.25) is 0 Å². The summed E-state index contributed by atoms with van der Waals surface area (Å²) in [5.74, 6) is -2.17. The van der Waals surface area contributed by atoms with Gasteiger partial charge in [0.15, 0.2) is 22.6 Å². The van der Waals surface area contributed by atoms with Gasteiger partial charge in [-0.25, -0.2) is 23.7 Å². The van der Waals surface area contributed by atoms with Crippen LogP contribution in [-0.2, 0) is 6.54 Å². The maximum atomic E-state index is 13.5. The first-order valence-electron chi connectivity index (χ1n) is 5.47. The summed E-state index contributed by atoms with van der Waals surface area (Å²) in [5, 5.41) is 6.16. The molecule has 0 saturated carbocycles. The zero-order valence-electron chi connectivity index (χ0n) is 9.98. The van der Waals surface area contributed by atoms with Gasteiger partial charge >= 0.3 is 5.69 Å². The first-order chi connectivity index (χ1) is 9.02. The van der Waals surface area contributed by atoms with Crippen LogP contribution in [0.15, 0.2) is 21.0 Å². The van der Waals surface area contributed by atoms with Gasteiger partial charge in [0.2, 0.25) is 0 Å². The zero-order chi connectivity index (χ0) is 14.0. The number of aromatic amines is 1. The second-order valence-electron chi connectivity index (χ2n) is 3.71. The molecule has 9 heteroatoms. The Morgan fingerprint density at radius 1 is 1.47 bits per heavy atom. The van der Waals surface area contributed by atoms with Crippen molar-refractivity contribution in [2.75, 3.05) is 5.73 Å². The highest BCUT2D eigenvalue weighted by Crippen LogP contribution is 2.27. The standard InChI is InChI=1S/C10H11F2N5OS/c1-2-3-17-9(18)15-16-10(17)19-8-6(12)4-5(11)7(13)14-8/h4H,2-3H2,1H3,(H2,13,14)(H,15,18). The third-order valence-electron chi connectivity index (χ3n) is 2.28. The van der Waals surface area contributed by atoms with Gasteiger partial charge in [0.1, 0.15) is 5.03 Å². The van der Waals surface area contributed by atoms with Gasteiger partial charge in [-0.2, -0.15) is 0 Å². The monoisotopic (exact) mass is 287 g/mol. The molecule has 0 amide bonds. The minimum absolute atomic E-state index is 0.129. The van der Waals surface area contributed by atoms with Gasteiger partial charge in [0, 0.05) is 12.6 Å². The molecule has 0 saturated heterocycles. The van der Waals surface area contributed by atoms with Crippen LogP contribution in [0.4, 0.5) is 14.6 Å². The molecule has 0 bridgehead atoms. The number of halogens is 2. The lowest BCUT2D eigenvalue weighted by atomic mass is 10.4. The first-order valence-corrected chi connectivity index (χ1v) is 6.29. The van der Waals surface area contributed by atoms with Crippen LogP contribution >= 0.6 is 11.8 Å². The molecule has 102 valence electrons. The minimum Gasteiger partial charge on any atom is -0.381 e. The largest absolute Gasteiger partial charge is 0.381 e. The summed E-state index contributed by atoms with van der Waals surface area (Å²) < 4.78 is 27.9. The van der Waals surface area contributed by atoms with Crippen molar-refractivity contribution in [3.8, 4) is 0 Å². The van der Waals surface area contributed by atoms with E-state index in [4.69, 9.17) is 5.73 Å². The SMILES string of the molecule is CCCn1c(Sc2nc(N)c(F)cc2F)n[nH]c1=O. The fraction of sp³-hybridized carbons (Fsp3) is 0.300. The molecule has 0 unspecified atom stereocenters. The van der Waals surface area contributed by atoms with Gasteiger partial charge in [0.25, 0.3) is 0 Å². The lowest BCUT2D eigenvalue weighted by Crippen LogP contribution is -2.17. The minimum atomic E-state index is -0.921. The number of pyridine rings is 1. The molecule has 0 aliphatic heterocycles. The Morgan fingerprint density at radius 3 is 2.89 bits per heavy atom. The van der Waals surface area contributed by atoms with Crippen LogP contribution < -0.4 is 11.4 Å². The van der Waals surface area contributed by atoms with Gasteiger partial charge in [-0.3, -0.25) is 4.57 Å². The summed E-state index contributed by atoms with van der Waals surface area (Å²) in [4.78, 5) is 15.1. The van der Waals surface area contributed by atoms with Crippen LogP contribution in [0.25, 0.3) is 0 Å². The fourth-order valence-corrected chi connectivity index (χ4v) is 2.27. The molecule has 2 aromatic rings. The third-order valence-corrected chi connectivity index (χ3v) is 3.26. The number of nitrogen functional groups attached to an aromatic ring is 1. The molecule has 0 aliphatic carbocycles. The number of anilines is 1. The van der Waals surface area contributed by atoms with Crippen molar-refractivity contribution in [3.05, 3.63) is 28.2 Å². The van der Waals surface area contributed by atoms with Crippen molar-refractivity contribution >= 4 is 17.6 Å². The van der Waals surface area contributed by atoms with Crippen LogP contribution in [0.5, 0.6) is 0 Å². The third kappa shape index (κ3) is 2.75. The molecule has 2 aromatic heterocycles. The second-order valence-corrected chi connectivity index (χ2v) is 4.66. The molecule has 0 aromatic carbocycles. The highest BCUT2D eigenvalue weighted by molar-refractivity contribution is 7.99. The molecule has 6 nitrogen and oxygen atoms in total. The molecule has 3 N–H and O–H groups in total. The molecule has 2 rings (SSSR count). The van der Waals surface area contributed by atoms with E-state index < -0.39 is 17.5 Å². The smallest absolute Gasteiger partial charge is 0.343 e. The fourth-order valence-electron chi connectivity index (χ4n) is 1.42. The molecule has 0 aliphatic rings. The first kappa shape index (κ1) is 13.5.